The van der Waals surface area contributed by atoms with Gasteiger partial charge in [-0.3, -0.25) is 5.32 Å². The van der Waals surface area contributed by atoms with Crippen LogP contribution in [0.4, 0.5) is 19.3 Å². The molecule has 2 aromatic carbocycles. The molecule has 10 heteroatoms. The average Bonchev–Trinajstić information content (AvgIpc) is 3.02. The second kappa shape index (κ2) is 8.26. The lowest BCUT2D eigenvalue weighted by Crippen LogP contribution is -2.17. The summed E-state index contributed by atoms with van der Waals surface area (Å²) in [4.78, 5) is 16.1. The number of alkyl halides is 2. The number of ether oxygens (including phenoxy) is 1. The van der Waals surface area contributed by atoms with Gasteiger partial charge in [-0.25, -0.2) is 27.0 Å². The standard InChI is InChI=1S/C19H16F2N2O4S2/c1-11-22-16(17(20)21)18(28-11)27-19(24)23-15-6-4-3-5-14(15)12-7-9-13(10-8-12)29(2,25)26/h3-10,17H,1-2H3,(H,23,24). The second-order valence-electron chi connectivity index (χ2n) is 6.06. The fraction of sp³-hybridized carbons (Fsp3) is 0.158. The first-order chi connectivity index (χ1) is 13.6. The third-order valence-corrected chi connectivity index (χ3v) is 5.87. The zero-order valence-corrected chi connectivity index (χ0v) is 17.0. The first kappa shape index (κ1) is 20.9. The summed E-state index contributed by atoms with van der Waals surface area (Å²) in [5.41, 5.74) is 1.08. The van der Waals surface area contributed by atoms with E-state index >= 15 is 0 Å². The number of hydrogen-bond acceptors (Lipinski definition) is 6. The highest BCUT2D eigenvalue weighted by atomic mass is 32.2. The minimum Gasteiger partial charge on any atom is -0.397 e. The molecular formula is C19H16F2N2O4S2. The molecule has 6 nitrogen and oxygen atoms in total. The van der Waals surface area contributed by atoms with Crippen LogP contribution in [0.5, 0.6) is 5.06 Å². The Morgan fingerprint density at radius 2 is 1.79 bits per heavy atom. The lowest BCUT2D eigenvalue weighted by molar-refractivity contribution is 0.142. The minimum atomic E-state index is -3.33. The van der Waals surface area contributed by atoms with E-state index in [1.54, 1.807) is 36.4 Å². The maximum absolute atomic E-state index is 13.0. The number of para-hydroxylation sites is 1. The summed E-state index contributed by atoms with van der Waals surface area (Å²) < 4.78 is 54.3. The summed E-state index contributed by atoms with van der Waals surface area (Å²) in [5.74, 6) is 0. The van der Waals surface area contributed by atoms with Crippen molar-refractivity contribution in [1.29, 1.82) is 0 Å². The number of halogens is 2. The summed E-state index contributed by atoms with van der Waals surface area (Å²) >= 11 is 0.855. The van der Waals surface area contributed by atoms with E-state index in [1.807, 2.05) is 0 Å². The summed E-state index contributed by atoms with van der Waals surface area (Å²) in [6.07, 6.45) is -2.68. The number of sulfone groups is 1. The molecule has 0 spiro atoms. The van der Waals surface area contributed by atoms with Gasteiger partial charge in [-0.15, -0.1) is 0 Å². The van der Waals surface area contributed by atoms with Gasteiger partial charge in [0.25, 0.3) is 6.43 Å². The number of benzene rings is 2. The summed E-state index contributed by atoms with van der Waals surface area (Å²) in [6, 6.07) is 12.9. The van der Waals surface area contributed by atoms with E-state index in [0.717, 1.165) is 17.6 Å². The maximum Gasteiger partial charge on any atom is 0.417 e. The molecule has 0 saturated heterocycles. The lowest BCUT2D eigenvalue weighted by atomic mass is 10.0. The number of anilines is 1. The molecule has 0 unspecified atom stereocenters. The zero-order chi connectivity index (χ0) is 21.2. The highest BCUT2D eigenvalue weighted by Gasteiger charge is 2.22. The van der Waals surface area contributed by atoms with Gasteiger partial charge in [0, 0.05) is 11.8 Å². The van der Waals surface area contributed by atoms with Crippen molar-refractivity contribution in [3.05, 3.63) is 59.2 Å². The highest BCUT2D eigenvalue weighted by Crippen LogP contribution is 2.35. The van der Waals surface area contributed by atoms with Crippen molar-refractivity contribution in [1.82, 2.24) is 4.98 Å². The number of aryl methyl sites for hydroxylation is 1. The Morgan fingerprint density at radius 3 is 2.41 bits per heavy atom. The van der Waals surface area contributed by atoms with Crippen LogP contribution in [-0.2, 0) is 9.84 Å². The molecule has 0 atom stereocenters. The van der Waals surface area contributed by atoms with Crippen LogP contribution in [0.15, 0.2) is 53.4 Å². The zero-order valence-electron chi connectivity index (χ0n) is 15.3. The van der Waals surface area contributed by atoms with Gasteiger partial charge < -0.3 is 4.74 Å². The van der Waals surface area contributed by atoms with Crippen molar-refractivity contribution in [2.45, 2.75) is 18.2 Å². The molecule has 1 heterocycles. The third kappa shape index (κ3) is 4.96. The van der Waals surface area contributed by atoms with Crippen LogP contribution in [-0.4, -0.2) is 25.8 Å². The first-order valence-electron chi connectivity index (χ1n) is 8.29. The van der Waals surface area contributed by atoms with Crippen LogP contribution >= 0.6 is 11.3 Å². The van der Waals surface area contributed by atoms with Crippen LogP contribution in [0.1, 0.15) is 17.1 Å². The number of carbonyl (C=O) groups excluding carboxylic acids is 1. The van der Waals surface area contributed by atoms with Crippen molar-refractivity contribution in [3.63, 3.8) is 0 Å². The van der Waals surface area contributed by atoms with Gasteiger partial charge in [-0.2, -0.15) is 0 Å². The smallest absolute Gasteiger partial charge is 0.397 e. The van der Waals surface area contributed by atoms with E-state index in [0.29, 0.717) is 21.8 Å². The van der Waals surface area contributed by atoms with Crippen LogP contribution in [0, 0.1) is 6.92 Å². The van der Waals surface area contributed by atoms with Crippen molar-refractivity contribution in [2.24, 2.45) is 0 Å². The first-order valence-corrected chi connectivity index (χ1v) is 11.0. The molecule has 0 aliphatic carbocycles. The van der Waals surface area contributed by atoms with Crippen molar-refractivity contribution in [3.8, 4) is 16.2 Å². The van der Waals surface area contributed by atoms with E-state index in [2.05, 4.69) is 10.3 Å². The van der Waals surface area contributed by atoms with Gasteiger partial charge in [0.1, 0.15) is 0 Å². The number of aromatic nitrogens is 1. The molecule has 1 amide bonds. The van der Waals surface area contributed by atoms with Crippen LogP contribution < -0.4 is 10.1 Å². The molecule has 3 rings (SSSR count). The topological polar surface area (TPSA) is 85.4 Å². The summed E-state index contributed by atoms with van der Waals surface area (Å²) in [6.45, 7) is 1.54. The molecule has 0 aliphatic rings. The lowest BCUT2D eigenvalue weighted by Gasteiger charge is -2.12. The summed E-state index contributed by atoms with van der Waals surface area (Å²) in [5, 5.41) is 2.63. The predicted octanol–water partition coefficient (Wildman–Crippen LogP) is 5.07. The second-order valence-corrected chi connectivity index (χ2v) is 9.24. The predicted molar refractivity (Wildman–Crippen MR) is 106 cm³/mol. The molecule has 0 aliphatic heterocycles. The van der Waals surface area contributed by atoms with Gasteiger partial charge in [-0.1, -0.05) is 41.7 Å². The number of thiazole rings is 1. The molecule has 152 valence electrons. The molecule has 0 bridgehead atoms. The Kier molecular flexibility index (Phi) is 5.94. The molecule has 0 saturated carbocycles. The van der Waals surface area contributed by atoms with Gasteiger partial charge in [-0.05, 0) is 30.7 Å². The number of hydrogen-bond donors (Lipinski definition) is 1. The van der Waals surface area contributed by atoms with Gasteiger partial charge >= 0.3 is 6.09 Å². The quantitative estimate of drug-likeness (QED) is 0.601. The molecular weight excluding hydrogens is 422 g/mol. The molecule has 29 heavy (non-hydrogen) atoms. The van der Waals surface area contributed by atoms with E-state index < -0.39 is 28.0 Å². The Hall–Kier alpha value is -2.85. The maximum atomic E-state index is 13.0. The number of carbonyl (C=O) groups is 1. The van der Waals surface area contributed by atoms with Crippen molar-refractivity contribution >= 4 is 33.0 Å². The van der Waals surface area contributed by atoms with E-state index in [-0.39, 0.29) is 9.96 Å². The summed E-state index contributed by atoms with van der Waals surface area (Å²) in [7, 11) is -3.33. The number of nitrogens with zero attached hydrogens (tertiary/aromatic N) is 1. The Labute approximate surface area is 170 Å². The Balaban J connectivity index is 1.83. The fourth-order valence-electron chi connectivity index (χ4n) is 2.58. The van der Waals surface area contributed by atoms with Gasteiger partial charge in [0.15, 0.2) is 15.5 Å². The highest BCUT2D eigenvalue weighted by molar-refractivity contribution is 7.90. The average molecular weight is 438 g/mol. The largest absolute Gasteiger partial charge is 0.417 e. The van der Waals surface area contributed by atoms with Crippen LogP contribution in [0.3, 0.4) is 0 Å². The van der Waals surface area contributed by atoms with E-state index in [9.17, 15) is 22.0 Å². The van der Waals surface area contributed by atoms with Crippen molar-refractivity contribution in [2.75, 3.05) is 11.6 Å². The molecule has 1 N–H and O–H groups in total. The normalized spacial score (nSPS) is 11.5. The monoisotopic (exact) mass is 438 g/mol. The van der Waals surface area contributed by atoms with Crippen LogP contribution in [0.2, 0.25) is 0 Å². The molecule has 0 radical (unpaired) electrons. The molecule has 0 fully saturated rings. The SMILES string of the molecule is Cc1nc(C(F)F)c(OC(=O)Nc2ccccc2-c2ccc(S(C)(=O)=O)cc2)s1. The number of amides is 1. The van der Waals surface area contributed by atoms with Gasteiger partial charge in [0.2, 0.25) is 5.06 Å². The number of nitrogens with one attached hydrogen (secondary N) is 1. The van der Waals surface area contributed by atoms with E-state index in [4.69, 9.17) is 4.74 Å². The number of rotatable bonds is 5. The van der Waals surface area contributed by atoms with E-state index in [1.165, 1.54) is 19.1 Å². The third-order valence-electron chi connectivity index (χ3n) is 3.88. The van der Waals surface area contributed by atoms with Crippen molar-refractivity contribution < 1.29 is 26.7 Å². The molecule has 3 aromatic rings. The Bertz CT molecular complexity index is 1140. The molecule has 1 aromatic heterocycles. The van der Waals surface area contributed by atoms with Crippen LogP contribution in [0.25, 0.3) is 11.1 Å². The Morgan fingerprint density at radius 1 is 1.14 bits per heavy atom. The van der Waals surface area contributed by atoms with Gasteiger partial charge in [0.05, 0.1) is 15.6 Å². The minimum absolute atomic E-state index is 0.172. The fourth-order valence-corrected chi connectivity index (χ4v) is 3.98.